The molecule has 0 amide bonds. The summed E-state index contributed by atoms with van der Waals surface area (Å²) >= 11 is 0. The van der Waals surface area contributed by atoms with Gasteiger partial charge in [0.15, 0.2) is 0 Å². The summed E-state index contributed by atoms with van der Waals surface area (Å²) in [6, 6.07) is 0. The molecule has 2 nitrogen and oxygen atoms in total. The normalized spacial score (nSPS) is 27.1. The van der Waals surface area contributed by atoms with Crippen molar-refractivity contribution in [3.63, 3.8) is 0 Å². The van der Waals surface area contributed by atoms with Gasteiger partial charge in [-0.15, -0.1) is 0 Å². The molecule has 1 rings (SSSR count). The summed E-state index contributed by atoms with van der Waals surface area (Å²) in [7, 11) is 0. The quantitative estimate of drug-likeness (QED) is 0.660. The first-order valence-corrected chi connectivity index (χ1v) is 5.21. The van der Waals surface area contributed by atoms with Gasteiger partial charge in [-0.2, -0.15) is 0 Å². The maximum atomic E-state index is 5.66. The fourth-order valence-corrected chi connectivity index (χ4v) is 1.27. The number of hydrogen-bond donors (Lipinski definition) is 0. The van der Waals surface area contributed by atoms with E-state index in [1.165, 1.54) is 0 Å². The van der Waals surface area contributed by atoms with E-state index in [0.29, 0.717) is 5.41 Å². The van der Waals surface area contributed by atoms with Crippen LogP contribution >= 0.6 is 0 Å². The zero-order valence-corrected chi connectivity index (χ0v) is 9.92. The van der Waals surface area contributed by atoms with E-state index in [2.05, 4.69) is 32.7 Å². The third kappa shape index (κ3) is 3.52. The second-order valence-electron chi connectivity index (χ2n) is 5.51. The van der Waals surface area contributed by atoms with Gasteiger partial charge in [-0.3, -0.25) is 4.99 Å². The number of nitrogens with zero attached hydrogens (tertiary/aromatic N) is 1. The second kappa shape index (κ2) is 3.76. The standard InChI is InChI=1S/C12H21NO/c1-10-8-14-12(5,9-13-10)7-6-11(2,3)4/h8-9H,6-7H2,1-5H3. The Balaban J connectivity index is 2.50. The Bertz CT molecular complexity index is 260. The van der Waals surface area contributed by atoms with Crippen LogP contribution in [0, 0.1) is 5.41 Å². The van der Waals surface area contributed by atoms with Gasteiger partial charge in [0.2, 0.25) is 0 Å². The molecule has 0 fully saturated rings. The average molecular weight is 195 g/mol. The molecule has 1 aliphatic heterocycles. The maximum absolute atomic E-state index is 5.66. The van der Waals surface area contributed by atoms with E-state index in [1.54, 1.807) is 6.26 Å². The molecule has 1 aliphatic rings. The van der Waals surface area contributed by atoms with Crippen molar-refractivity contribution in [3.8, 4) is 0 Å². The topological polar surface area (TPSA) is 21.6 Å². The molecular formula is C12H21NO. The minimum atomic E-state index is -0.202. The molecule has 2 heteroatoms. The average Bonchev–Trinajstić information content (AvgIpc) is 2.07. The van der Waals surface area contributed by atoms with Crippen LogP contribution in [0.25, 0.3) is 0 Å². The van der Waals surface area contributed by atoms with Crippen LogP contribution in [0.3, 0.4) is 0 Å². The summed E-state index contributed by atoms with van der Waals surface area (Å²) in [6.07, 6.45) is 5.84. The lowest BCUT2D eigenvalue weighted by Crippen LogP contribution is -2.32. The van der Waals surface area contributed by atoms with Crippen molar-refractivity contribution in [3.05, 3.63) is 12.0 Å². The van der Waals surface area contributed by atoms with E-state index in [0.717, 1.165) is 18.5 Å². The Kier molecular flexibility index (Phi) is 3.03. The summed E-state index contributed by atoms with van der Waals surface area (Å²) in [4.78, 5) is 4.29. The molecule has 0 aromatic heterocycles. The Labute approximate surface area is 87.1 Å². The second-order valence-corrected chi connectivity index (χ2v) is 5.51. The van der Waals surface area contributed by atoms with Crippen molar-refractivity contribution in [2.24, 2.45) is 10.4 Å². The van der Waals surface area contributed by atoms with Crippen LogP contribution in [-0.2, 0) is 4.74 Å². The minimum absolute atomic E-state index is 0.202. The zero-order valence-electron chi connectivity index (χ0n) is 9.92. The van der Waals surface area contributed by atoms with Crippen LogP contribution in [-0.4, -0.2) is 11.8 Å². The number of aliphatic imine (C=N–C) groups is 1. The van der Waals surface area contributed by atoms with Crippen LogP contribution < -0.4 is 0 Å². The van der Waals surface area contributed by atoms with Crippen molar-refractivity contribution in [2.75, 3.05) is 0 Å². The molecule has 0 aliphatic carbocycles. The van der Waals surface area contributed by atoms with E-state index in [4.69, 9.17) is 4.74 Å². The van der Waals surface area contributed by atoms with Gasteiger partial charge in [0.1, 0.15) is 11.9 Å². The van der Waals surface area contributed by atoms with Gasteiger partial charge >= 0.3 is 0 Å². The molecule has 0 N–H and O–H groups in total. The Hall–Kier alpha value is -0.790. The predicted octanol–water partition coefficient (Wildman–Crippen LogP) is 3.53. The van der Waals surface area contributed by atoms with Gasteiger partial charge < -0.3 is 4.74 Å². The largest absolute Gasteiger partial charge is 0.488 e. The molecule has 14 heavy (non-hydrogen) atoms. The number of ether oxygens (including phenoxy) is 1. The number of hydrogen-bond acceptors (Lipinski definition) is 2. The Morgan fingerprint density at radius 2 is 2.07 bits per heavy atom. The maximum Gasteiger partial charge on any atom is 0.140 e. The van der Waals surface area contributed by atoms with Crippen LogP contribution in [0.1, 0.15) is 47.5 Å². The predicted molar refractivity (Wildman–Crippen MR) is 60.4 cm³/mol. The van der Waals surface area contributed by atoms with Crippen molar-refractivity contribution < 1.29 is 4.74 Å². The lowest BCUT2D eigenvalue weighted by Gasteiger charge is -2.30. The molecule has 0 aromatic carbocycles. The van der Waals surface area contributed by atoms with Crippen molar-refractivity contribution in [2.45, 2.75) is 53.1 Å². The molecule has 0 radical (unpaired) electrons. The van der Waals surface area contributed by atoms with Crippen molar-refractivity contribution in [1.29, 1.82) is 0 Å². The summed E-state index contributed by atoms with van der Waals surface area (Å²) in [5.74, 6) is 0. The molecular weight excluding hydrogens is 174 g/mol. The lowest BCUT2D eigenvalue weighted by molar-refractivity contribution is 0.0826. The molecule has 0 spiro atoms. The Morgan fingerprint density at radius 3 is 2.50 bits per heavy atom. The van der Waals surface area contributed by atoms with E-state index in [-0.39, 0.29) is 5.60 Å². The van der Waals surface area contributed by atoms with Gasteiger partial charge in [-0.25, -0.2) is 0 Å². The van der Waals surface area contributed by atoms with Gasteiger partial charge in [-0.1, -0.05) is 20.8 Å². The van der Waals surface area contributed by atoms with E-state index in [1.807, 2.05) is 13.1 Å². The fraction of sp³-hybridized carbons (Fsp3) is 0.750. The first-order valence-electron chi connectivity index (χ1n) is 5.21. The minimum Gasteiger partial charge on any atom is -0.488 e. The first kappa shape index (κ1) is 11.3. The molecule has 80 valence electrons. The molecule has 1 atom stereocenters. The molecule has 0 saturated heterocycles. The summed E-state index contributed by atoms with van der Waals surface area (Å²) in [5, 5.41) is 0. The SMILES string of the molecule is CC1=COC(C)(CCC(C)(C)C)C=N1. The van der Waals surface area contributed by atoms with E-state index < -0.39 is 0 Å². The van der Waals surface area contributed by atoms with Gasteiger partial charge in [0, 0.05) is 6.21 Å². The van der Waals surface area contributed by atoms with Crippen LogP contribution in [0.15, 0.2) is 17.0 Å². The summed E-state index contributed by atoms with van der Waals surface area (Å²) in [5.41, 5.74) is 1.10. The molecule has 1 heterocycles. The van der Waals surface area contributed by atoms with E-state index in [9.17, 15) is 0 Å². The highest BCUT2D eigenvalue weighted by molar-refractivity contribution is 5.70. The highest BCUT2D eigenvalue weighted by Crippen LogP contribution is 2.28. The van der Waals surface area contributed by atoms with Gasteiger partial charge in [-0.05, 0) is 32.1 Å². The molecule has 1 unspecified atom stereocenters. The Morgan fingerprint density at radius 1 is 1.43 bits per heavy atom. The number of allylic oxidation sites excluding steroid dienone is 1. The van der Waals surface area contributed by atoms with E-state index >= 15 is 0 Å². The highest BCUT2D eigenvalue weighted by Gasteiger charge is 2.27. The van der Waals surface area contributed by atoms with Gasteiger partial charge in [0.05, 0.1) is 5.70 Å². The highest BCUT2D eigenvalue weighted by atomic mass is 16.5. The third-order valence-corrected chi connectivity index (χ3v) is 2.41. The van der Waals surface area contributed by atoms with Gasteiger partial charge in [0.25, 0.3) is 0 Å². The zero-order chi connectivity index (χ0) is 10.8. The third-order valence-electron chi connectivity index (χ3n) is 2.41. The van der Waals surface area contributed by atoms with Crippen LogP contribution in [0.2, 0.25) is 0 Å². The van der Waals surface area contributed by atoms with Crippen LogP contribution in [0.5, 0.6) is 0 Å². The van der Waals surface area contributed by atoms with Crippen molar-refractivity contribution in [1.82, 2.24) is 0 Å². The molecule has 0 bridgehead atoms. The van der Waals surface area contributed by atoms with Crippen molar-refractivity contribution >= 4 is 6.21 Å². The lowest BCUT2D eigenvalue weighted by atomic mass is 9.85. The summed E-state index contributed by atoms with van der Waals surface area (Å²) < 4.78 is 5.66. The van der Waals surface area contributed by atoms with Crippen LogP contribution in [0.4, 0.5) is 0 Å². The smallest absolute Gasteiger partial charge is 0.140 e. The molecule has 0 saturated carbocycles. The monoisotopic (exact) mass is 195 g/mol. The molecule has 0 aromatic rings. The first-order chi connectivity index (χ1) is 6.31. The fourth-order valence-electron chi connectivity index (χ4n) is 1.27. The number of rotatable bonds is 2. The summed E-state index contributed by atoms with van der Waals surface area (Å²) in [6.45, 7) is 10.8.